The number of benzene rings is 1. The maximum atomic E-state index is 11.0. The average molecular weight is 244 g/mol. The van der Waals surface area contributed by atoms with Gasteiger partial charge in [-0.15, -0.1) is 0 Å². The summed E-state index contributed by atoms with van der Waals surface area (Å²) in [5.74, 6) is 0.446. The molecule has 0 aliphatic heterocycles. The van der Waals surface area contributed by atoms with Crippen LogP contribution in [0.4, 0.5) is 0 Å². The van der Waals surface area contributed by atoms with E-state index in [1.807, 2.05) is 25.2 Å². The van der Waals surface area contributed by atoms with Gasteiger partial charge in [-0.3, -0.25) is 4.79 Å². The second kappa shape index (κ2) is 3.83. The summed E-state index contributed by atoms with van der Waals surface area (Å²) in [6.45, 7) is 1.70. The number of aromatic nitrogens is 2. The SMILES string of the molecule is CC(C(=O)O)c1ccc2c(c1)nc(C1CC1)n2C. The Kier molecular flexibility index (Phi) is 2.40. The molecular weight excluding hydrogens is 228 g/mol. The van der Waals surface area contributed by atoms with Gasteiger partial charge in [-0.1, -0.05) is 6.07 Å². The Bertz CT molecular complexity index is 626. The predicted molar refractivity (Wildman–Crippen MR) is 68.7 cm³/mol. The van der Waals surface area contributed by atoms with E-state index in [4.69, 9.17) is 5.11 Å². The summed E-state index contributed by atoms with van der Waals surface area (Å²) in [6.07, 6.45) is 2.44. The molecule has 4 heteroatoms. The van der Waals surface area contributed by atoms with Crippen LogP contribution in [0.1, 0.15) is 43.0 Å². The van der Waals surface area contributed by atoms with Gasteiger partial charge in [0.25, 0.3) is 0 Å². The molecule has 1 saturated carbocycles. The van der Waals surface area contributed by atoms with Crippen molar-refractivity contribution < 1.29 is 9.90 Å². The number of hydrogen-bond donors (Lipinski definition) is 1. The molecule has 1 aromatic carbocycles. The fraction of sp³-hybridized carbons (Fsp3) is 0.429. The summed E-state index contributed by atoms with van der Waals surface area (Å²) in [5, 5.41) is 9.04. The Hall–Kier alpha value is -1.84. The van der Waals surface area contributed by atoms with Gasteiger partial charge in [0.15, 0.2) is 0 Å². The van der Waals surface area contributed by atoms with Crippen molar-refractivity contribution in [3.63, 3.8) is 0 Å². The number of carbonyl (C=O) groups is 1. The predicted octanol–water partition coefficient (Wildman–Crippen LogP) is 2.64. The average Bonchev–Trinajstić information content (AvgIpc) is 3.14. The van der Waals surface area contributed by atoms with Crippen LogP contribution in [-0.4, -0.2) is 20.6 Å². The number of carboxylic acids is 1. The molecule has 1 aliphatic carbocycles. The Balaban J connectivity index is 2.09. The second-order valence-electron chi connectivity index (χ2n) is 5.11. The fourth-order valence-electron chi connectivity index (χ4n) is 2.35. The lowest BCUT2D eigenvalue weighted by Crippen LogP contribution is -2.07. The third kappa shape index (κ3) is 1.68. The van der Waals surface area contributed by atoms with E-state index in [0.29, 0.717) is 5.92 Å². The van der Waals surface area contributed by atoms with Gasteiger partial charge in [-0.2, -0.15) is 0 Å². The van der Waals surface area contributed by atoms with Crippen LogP contribution < -0.4 is 0 Å². The summed E-state index contributed by atoms with van der Waals surface area (Å²) < 4.78 is 2.13. The van der Waals surface area contributed by atoms with Gasteiger partial charge in [0.2, 0.25) is 0 Å². The van der Waals surface area contributed by atoms with Crippen LogP contribution in [0, 0.1) is 0 Å². The number of aryl methyl sites for hydroxylation is 1. The number of nitrogens with zero attached hydrogens (tertiary/aromatic N) is 2. The molecular formula is C14H16N2O2. The molecule has 3 rings (SSSR count). The van der Waals surface area contributed by atoms with Gasteiger partial charge in [0, 0.05) is 13.0 Å². The van der Waals surface area contributed by atoms with Crippen LogP contribution in [0.3, 0.4) is 0 Å². The highest BCUT2D eigenvalue weighted by Crippen LogP contribution is 2.40. The normalized spacial score (nSPS) is 17.0. The van der Waals surface area contributed by atoms with Gasteiger partial charge in [-0.25, -0.2) is 4.98 Å². The zero-order valence-electron chi connectivity index (χ0n) is 10.6. The number of carboxylic acid groups (broad SMARTS) is 1. The lowest BCUT2D eigenvalue weighted by molar-refractivity contribution is -0.138. The summed E-state index contributed by atoms with van der Waals surface area (Å²) in [4.78, 5) is 15.6. The van der Waals surface area contributed by atoms with Gasteiger partial charge < -0.3 is 9.67 Å². The third-order valence-corrected chi connectivity index (χ3v) is 3.75. The maximum Gasteiger partial charge on any atom is 0.310 e. The zero-order chi connectivity index (χ0) is 12.9. The molecule has 0 bridgehead atoms. The smallest absolute Gasteiger partial charge is 0.310 e. The summed E-state index contributed by atoms with van der Waals surface area (Å²) >= 11 is 0. The molecule has 1 heterocycles. The third-order valence-electron chi connectivity index (χ3n) is 3.75. The van der Waals surface area contributed by atoms with Crippen molar-refractivity contribution in [1.29, 1.82) is 0 Å². The molecule has 94 valence electrons. The molecule has 1 atom stereocenters. The summed E-state index contributed by atoms with van der Waals surface area (Å²) in [7, 11) is 2.03. The molecule has 2 aromatic rings. The standard InChI is InChI=1S/C14H16N2O2/c1-8(14(17)18)10-5-6-12-11(7-10)15-13(16(12)2)9-3-4-9/h5-9H,3-4H2,1-2H3,(H,17,18). The van der Waals surface area contributed by atoms with Crippen molar-refractivity contribution in [3.8, 4) is 0 Å². The largest absolute Gasteiger partial charge is 0.481 e. The Morgan fingerprint density at radius 3 is 2.83 bits per heavy atom. The number of rotatable bonds is 3. The van der Waals surface area contributed by atoms with Crippen molar-refractivity contribution >= 4 is 17.0 Å². The maximum absolute atomic E-state index is 11.0. The van der Waals surface area contributed by atoms with E-state index in [9.17, 15) is 4.79 Å². The molecule has 18 heavy (non-hydrogen) atoms. The topological polar surface area (TPSA) is 55.1 Å². The van der Waals surface area contributed by atoms with Gasteiger partial charge in [-0.05, 0) is 37.5 Å². The molecule has 1 unspecified atom stereocenters. The highest BCUT2D eigenvalue weighted by atomic mass is 16.4. The fourth-order valence-corrected chi connectivity index (χ4v) is 2.35. The highest BCUT2D eigenvalue weighted by molar-refractivity contribution is 5.81. The molecule has 4 nitrogen and oxygen atoms in total. The number of fused-ring (bicyclic) bond motifs is 1. The van der Waals surface area contributed by atoms with Crippen molar-refractivity contribution in [2.24, 2.45) is 7.05 Å². The van der Waals surface area contributed by atoms with E-state index in [1.165, 1.54) is 12.8 Å². The zero-order valence-corrected chi connectivity index (χ0v) is 10.6. The van der Waals surface area contributed by atoms with Crippen LogP contribution in [0.25, 0.3) is 11.0 Å². The Labute approximate surface area is 105 Å². The van der Waals surface area contributed by atoms with E-state index in [-0.39, 0.29) is 0 Å². The molecule has 0 spiro atoms. The summed E-state index contributed by atoms with van der Waals surface area (Å²) in [5.41, 5.74) is 2.80. The highest BCUT2D eigenvalue weighted by Gasteiger charge is 2.28. The van der Waals surface area contributed by atoms with E-state index in [1.54, 1.807) is 6.92 Å². The Morgan fingerprint density at radius 2 is 2.22 bits per heavy atom. The van der Waals surface area contributed by atoms with Crippen LogP contribution in [0.2, 0.25) is 0 Å². The minimum absolute atomic E-state index is 0.485. The molecule has 0 amide bonds. The van der Waals surface area contributed by atoms with Crippen LogP contribution in [0.15, 0.2) is 18.2 Å². The van der Waals surface area contributed by atoms with Crippen LogP contribution in [0.5, 0.6) is 0 Å². The van der Waals surface area contributed by atoms with E-state index >= 15 is 0 Å². The van der Waals surface area contributed by atoms with E-state index in [0.717, 1.165) is 22.4 Å². The second-order valence-corrected chi connectivity index (χ2v) is 5.11. The van der Waals surface area contributed by atoms with Crippen molar-refractivity contribution in [2.45, 2.75) is 31.6 Å². The van der Waals surface area contributed by atoms with Crippen LogP contribution in [-0.2, 0) is 11.8 Å². The van der Waals surface area contributed by atoms with E-state index < -0.39 is 11.9 Å². The van der Waals surface area contributed by atoms with Crippen molar-refractivity contribution in [1.82, 2.24) is 9.55 Å². The first-order valence-corrected chi connectivity index (χ1v) is 6.27. The quantitative estimate of drug-likeness (QED) is 0.903. The van der Waals surface area contributed by atoms with Crippen LogP contribution >= 0.6 is 0 Å². The lowest BCUT2D eigenvalue weighted by atomic mass is 10.0. The first kappa shape index (κ1) is 11.3. The molecule has 0 saturated heterocycles. The number of hydrogen-bond acceptors (Lipinski definition) is 2. The van der Waals surface area contributed by atoms with E-state index in [2.05, 4.69) is 9.55 Å². The minimum Gasteiger partial charge on any atom is -0.481 e. The molecule has 1 aromatic heterocycles. The lowest BCUT2D eigenvalue weighted by Gasteiger charge is -2.06. The van der Waals surface area contributed by atoms with Crippen molar-refractivity contribution in [2.75, 3.05) is 0 Å². The first-order valence-electron chi connectivity index (χ1n) is 6.27. The van der Waals surface area contributed by atoms with Crippen molar-refractivity contribution in [3.05, 3.63) is 29.6 Å². The summed E-state index contributed by atoms with van der Waals surface area (Å²) in [6, 6.07) is 5.77. The monoisotopic (exact) mass is 244 g/mol. The molecule has 0 radical (unpaired) electrons. The van der Waals surface area contributed by atoms with Gasteiger partial charge in [0.1, 0.15) is 5.82 Å². The van der Waals surface area contributed by atoms with Gasteiger partial charge in [0.05, 0.1) is 17.0 Å². The molecule has 1 fully saturated rings. The number of aliphatic carboxylic acids is 1. The molecule has 1 N–H and O–H groups in total. The van der Waals surface area contributed by atoms with Gasteiger partial charge >= 0.3 is 5.97 Å². The minimum atomic E-state index is -0.798. The Morgan fingerprint density at radius 1 is 1.50 bits per heavy atom. The number of imidazole rings is 1. The first-order chi connectivity index (χ1) is 8.58. The molecule has 1 aliphatic rings.